The van der Waals surface area contributed by atoms with E-state index in [1.165, 1.54) is 18.0 Å². The van der Waals surface area contributed by atoms with E-state index in [4.69, 9.17) is 4.74 Å². The number of hydrogen-bond acceptors (Lipinski definition) is 5. The summed E-state index contributed by atoms with van der Waals surface area (Å²) in [5, 5.41) is 0. The highest BCUT2D eigenvalue weighted by Crippen LogP contribution is 2.74. The highest BCUT2D eigenvalue weighted by molar-refractivity contribution is 5.81. The number of aryl methyl sites for hydroxylation is 1. The van der Waals surface area contributed by atoms with Gasteiger partial charge in [-0.25, -0.2) is 9.78 Å². The first-order chi connectivity index (χ1) is 10.4. The molecule has 0 unspecified atom stereocenters. The van der Waals surface area contributed by atoms with Crippen LogP contribution in [-0.4, -0.2) is 32.2 Å². The van der Waals surface area contributed by atoms with Crippen LogP contribution >= 0.6 is 0 Å². The van der Waals surface area contributed by atoms with Crippen LogP contribution in [-0.2, 0) is 23.1 Å². The van der Waals surface area contributed by atoms with Gasteiger partial charge in [0.25, 0.3) is 5.56 Å². The molecule has 5 rings (SSSR count). The Balaban J connectivity index is 1.68. The number of H-pyrrole nitrogens is 1. The summed E-state index contributed by atoms with van der Waals surface area (Å²) in [5.41, 5.74) is -0.603. The van der Waals surface area contributed by atoms with Crippen LogP contribution in [0.2, 0.25) is 0 Å². The molecule has 2 bridgehead atoms. The fourth-order valence-electron chi connectivity index (χ4n) is 4.24. The second kappa shape index (κ2) is 3.88. The van der Waals surface area contributed by atoms with E-state index in [2.05, 4.69) is 9.97 Å². The molecule has 0 radical (unpaired) electrons. The molecule has 22 heavy (non-hydrogen) atoms. The van der Waals surface area contributed by atoms with Gasteiger partial charge in [0, 0.05) is 13.6 Å². The van der Waals surface area contributed by atoms with Gasteiger partial charge < -0.3 is 9.30 Å². The Morgan fingerprint density at radius 3 is 2.73 bits per heavy atom. The summed E-state index contributed by atoms with van der Waals surface area (Å²) in [7, 11) is 3.10. The third-order valence-corrected chi connectivity index (χ3v) is 5.11. The van der Waals surface area contributed by atoms with Crippen molar-refractivity contribution in [3.05, 3.63) is 27.2 Å². The summed E-state index contributed by atoms with van der Waals surface area (Å²) in [6.45, 7) is 0.334. The van der Waals surface area contributed by atoms with Crippen LogP contribution < -0.4 is 11.2 Å². The molecule has 2 aromatic heterocycles. The molecule has 0 spiro atoms. The molecule has 8 heteroatoms. The van der Waals surface area contributed by atoms with Crippen LogP contribution in [0.25, 0.3) is 11.2 Å². The van der Waals surface area contributed by atoms with E-state index < -0.39 is 5.69 Å². The molecule has 3 aliphatic carbocycles. The minimum absolute atomic E-state index is 0.128. The number of hydrogen-bond donors (Lipinski definition) is 1. The monoisotopic (exact) mass is 304 g/mol. The van der Waals surface area contributed by atoms with Crippen molar-refractivity contribution in [2.24, 2.45) is 17.9 Å². The van der Waals surface area contributed by atoms with E-state index in [0.29, 0.717) is 37.0 Å². The number of aromatic amines is 1. The van der Waals surface area contributed by atoms with Gasteiger partial charge in [-0.1, -0.05) is 0 Å². The Kier molecular flexibility index (Phi) is 2.34. The molecule has 0 saturated heterocycles. The van der Waals surface area contributed by atoms with Crippen LogP contribution in [0.1, 0.15) is 19.3 Å². The molecule has 2 aromatic rings. The van der Waals surface area contributed by atoms with Crippen LogP contribution in [0.15, 0.2) is 15.9 Å². The van der Waals surface area contributed by atoms with Gasteiger partial charge in [-0.3, -0.25) is 19.1 Å². The topological polar surface area (TPSA) is 99.0 Å². The maximum absolute atomic E-state index is 12.5. The van der Waals surface area contributed by atoms with Crippen LogP contribution in [0.5, 0.6) is 0 Å². The first-order valence-corrected chi connectivity index (χ1v) is 7.12. The van der Waals surface area contributed by atoms with Crippen molar-refractivity contribution in [1.82, 2.24) is 19.1 Å². The van der Waals surface area contributed by atoms with Gasteiger partial charge in [-0.15, -0.1) is 0 Å². The number of carbonyl (C=O) groups excluding carboxylic acids is 1. The Morgan fingerprint density at radius 2 is 2.09 bits per heavy atom. The zero-order chi connectivity index (χ0) is 15.7. The number of rotatable bonds is 3. The Morgan fingerprint density at radius 1 is 1.41 bits per heavy atom. The van der Waals surface area contributed by atoms with Crippen molar-refractivity contribution in [1.29, 1.82) is 0 Å². The van der Waals surface area contributed by atoms with Crippen LogP contribution in [0.3, 0.4) is 0 Å². The first-order valence-electron chi connectivity index (χ1n) is 7.12. The molecule has 8 nitrogen and oxygen atoms in total. The number of carbonyl (C=O) groups is 1. The Hall–Kier alpha value is -2.38. The number of imidazole rings is 1. The SMILES string of the molecule is COC(=O)C12CC(Cn3c(=O)[nH]c4ncn(C)c4c3=O)(C1)C2. The van der Waals surface area contributed by atoms with Crippen molar-refractivity contribution >= 4 is 17.1 Å². The minimum atomic E-state index is -0.451. The summed E-state index contributed by atoms with van der Waals surface area (Å²) in [6.07, 6.45) is 3.55. The Bertz CT molecular complexity index is 899. The number of ether oxygens (including phenoxy) is 1. The van der Waals surface area contributed by atoms with Crippen molar-refractivity contribution in [2.75, 3.05) is 7.11 Å². The summed E-state index contributed by atoms with van der Waals surface area (Å²) in [6, 6.07) is 0. The van der Waals surface area contributed by atoms with Crippen LogP contribution in [0.4, 0.5) is 0 Å². The molecule has 1 N–H and O–H groups in total. The fraction of sp³-hybridized carbons (Fsp3) is 0.571. The van der Waals surface area contributed by atoms with E-state index in [1.807, 2.05) is 0 Å². The standard InChI is InChI=1S/C14H16N4O4/c1-17-7-15-9-8(17)10(19)18(12(21)16-9)6-13-3-14(4-13,5-13)11(20)22-2/h7H,3-6H2,1-2H3,(H,16,21). The van der Waals surface area contributed by atoms with Gasteiger partial charge in [-0.2, -0.15) is 0 Å². The lowest BCUT2D eigenvalue weighted by molar-refractivity contribution is -0.230. The van der Waals surface area contributed by atoms with Gasteiger partial charge in [-0.05, 0) is 24.7 Å². The quantitative estimate of drug-likeness (QED) is 0.789. The second-order valence-electron chi connectivity index (χ2n) is 6.68. The van der Waals surface area contributed by atoms with E-state index in [-0.39, 0.29) is 22.4 Å². The number of fused-ring (bicyclic) bond motifs is 1. The van der Waals surface area contributed by atoms with E-state index in [9.17, 15) is 14.4 Å². The lowest BCUT2D eigenvalue weighted by atomic mass is 9.35. The number of nitrogens with zero attached hydrogens (tertiary/aromatic N) is 3. The van der Waals surface area contributed by atoms with Crippen molar-refractivity contribution in [3.63, 3.8) is 0 Å². The van der Waals surface area contributed by atoms with Crippen LogP contribution in [0, 0.1) is 10.8 Å². The minimum Gasteiger partial charge on any atom is -0.469 e. The van der Waals surface area contributed by atoms with Gasteiger partial charge in [0.2, 0.25) is 0 Å². The number of nitrogens with one attached hydrogen (secondary N) is 1. The lowest BCUT2D eigenvalue weighted by Gasteiger charge is -2.68. The molecular formula is C14H16N4O4. The highest BCUT2D eigenvalue weighted by atomic mass is 16.5. The Labute approximate surface area is 124 Å². The lowest BCUT2D eigenvalue weighted by Crippen LogP contribution is -2.68. The van der Waals surface area contributed by atoms with Crippen molar-refractivity contribution < 1.29 is 9.53 Å². The van der Waals surface area contributed by atoms with Gasteiger partial charge in [0.1, 0.15) is 0 Å². The van der Waals surface area contributed by atoms with Gasteiger partial charge in [0.15, 0.2) is 11.2 Å². The summed E-state index contributed by atoms with van der Waals surface area (Å²) >= 11 is 0. The molecule has 0 aromatic carbocycles. The molecule has 3 saturated carbocycles. The average molecular weight is 304 g/mol. The summed E-state index contributed by atoms with van der Waals surface area (Å²) in [4.78, 5) is 43.0. The third kappa shape index (κ3) is 1.47. The fourth-order valence-corrected chi connectivity index (χ4v) is 4.24. The maximum Gasteiger partial charge on any atom is 0.330 e. The maximum atomic E-state index is 12.5. The smallest absolute Gasteiger partial charge is 0.330 e. The van der Waals surface area contributed by atoms with Gasteiger partial charge in [0.05, 0.1) is 18.9 Å². The number of aromatic nitrogens is 4. The predicted octanol–water partition coefficient (Wildman–Crippen LogP) is -0.233. The molecular weight excluding hydrogens is 288 g/mol. The van der Waals surface area contributed by atoms with Gasteiger partial charge >= 0.3 is 11.7 Å². The number of esters is 1. The molecule has 116 valence electrons. The third-order valence-electron chi connectivity index (χ3n) is 5.11. The largest absolute Gasteiger partial charge is 0.469 e. The zero-order valence-electron chi connectivity index (χ0n) is 12.4. The highest BCUT2D eigenvalue weighted by Gasteiger charge is 2.72. The van der Waals surface area contributed by atoms with E-state index in [0.717, 1.165) is 0 Å². The van der Waals surface area contributed by atoms with Crippen molar-refractivity contribution in [3.8, 4) is 0 Å². The van der Waals surface area contributed by atoms with E-state index in [1.54, 1.807) is 11.6 Å². The first kappa shape index (κ1) is 13.3. The molecule has 3 aliphatic rings. The number of methoxy groups -OCH3 is 1. The molecule has 3 fully saturated rings. The molecule has 0 aliphatic heterocycles. The summed E-state index contributed by atoms with van der Waals surface area (Å²) in [5.74, 6) is -0.183. The molecule has 2 heterocycles. The summed E-state index contributed by atoms with van der Waals surface area (Å²) < 4.78 is 7.64. The normalized spacial score (nSPS) is 29.0. The molecule has 0 atom stereocenters. The average Bonchev–Trinajstić information content (AvgIpc) is 2.75. The molecule has 0 amide bonds. The van der Waals surface area contributed by atoms with E-state index >= 15 is 0 Å². The van der Waals surface area contributed by atoms with Crippen molar-refractivity contribution in [2.45, 2.75) is 25.8 Å². The predicted molar refractivity (Wildman–Crippen MR) is 76.3 cm³/mol. The second-order valence-corrected chi connectivity index (χ2v) is 6.68. The zero-order valence-corrected chi connectivity index (χ0v) is 12.4.